The Kier molecular flexibility index (Phi) is 13.1. The van der Waals surface area contributed by atoms with E-state index in [-0.39, 0.29) is 5.75 Å². The normalized spacial score (nSPS) is 11.2. The monoisotopic (exact) mass is 972 g/mol. The van der Waals surface area contributed by atoms with Crippen molar-refractivity contribution in [3.63, 3.8) is 0 Å². The number of benzene rings is 12. The molecule has 0 unspecified atom stereocenters. The zero-order valence-electron chi connectivity index (χ0n) is 43.7. The number of furan rings is 1. The van der Waals surface area contributed by atoms with Crippen molar-refractivity contribution in [2.45, 2.75) is 48.5 Å². The number of hydrogen-bond donors (Lipinski definition) is 1. The summed E-state index contributed by atoms with van der Waals surface area (Å²) in [6.45, 7) is 14.4. The fourth-order valence-corrected chi connectivity index (χ4v) is 11.0. The maximum Gasteiger partial charge on any atom is 0.159 e. The molecule has 12 aromatic carbocycles. The van der Waals surface area contributed by atoms with Crippen molar-refractivity contribution in [3.8, 4) is 39.1 Å². The molecule has 4 nitrogen and oxygen atoms in total. The highest BCUT2D eigenvalue weighted by atomic mass is 16.3. The van der Waals surface area contributed by atoms with E-state index in [4.69, 9.17) is 4.42 Å². The lowest BCUT2D eigenvalue weighted by molar-refractivity contribution is 0.478. The van der Waals surface area contributed by atoms with Crippen molar-refractivity contribution in [1.29, 1.82) is 0 Å². The standard InChI is InChI=1S/C67H48N2O2.2C2H6/c1-42-15-9-22-50(39-42)68(61-29-13-25-53(65(61)70)49-21-11-20-48(41-49)52-24-8-7-17-44(52)3)59-37-33-46-32-36-58-60(38-34-47-31-35-57(59)63(46)64(47)58)69(51-23-10-16-43(2)40-51)62-30-14-28-56-55-27-12-26-54(66(55)71-67(56)62)45-18-5-4-6-19-45;2*1-2/h4-41,70H,1-3H3;2*1-2H3. The summed E-state index contributed by atoms with van der Waals surface area (Å²) < 4.78 is 7.09. The van der Waals surface area contributed by atoms with Crippen LogP contribution in [0.1, 0.15) is 44.4 Å². The Bertz CT molecular complexity index is 4190. The molecular weight excluding hydrogens is 913 g/mol. The van der Waals surface area contributed by atoms with Gasteiger partial charge in [0.2, 0.25) is 0 Å². The predicted octanol–water partition coefficient (Wildman–Crippen LogP) is 21.1. The van der Waals surface area contributed by atoms with Gasteiger partial charge in [-0.1, -0.05) is 204 Å². The quantitative estimate of drug-likeness (QED) is 0.146. The number of hydrogen-bond acceptors (Lipinski definition) is 4. The molecule has 4 heteroatoms. The number of rotatable bonds is 9. The summed E-state index contributed by atoms with van der Waals surface area (Å²) in [4.78, 5) is 4.61. The van der Waals surface area contributed by atoms with Gasteiger partial charge in [0.25, 0.3) is 0 Å². The summed E-state index contributed by atoms with van der Waals surface area (Å²) in [5.74, 6) is 0.216. The number of aryl methyl sites for hydroxylation is 3. The minimum absolute atomic E-state index is 0.216. The lowest BCUT2D eigenvalue weighted by Gasteiger charge is -2.30. The largest absolute Gasteiger partial charge is 0.505 e. The molecule has 13 aromatic rings. The summed E-state index contributed by atoms with van der Waals surface area (Å²) in [6.07, 6.45) is 0. The summed E-state index contributed by atoms with van der Waals surface area (Å²) in [7, 11) is 0. The molecule has 0 fully saturated rings. The van der Waals surface area contributed by atoms with Gasteiger partial charge in [0, 0.05) is 44.0 Å². The predicted molar refractivity (Wildman–Crippen MR) is 322 cm³/mol. The molecule has 0 saturated carbocycles. The third-order valence-electron chi connectivity index (χ3n) is 14.3. The van der Waals surface area contributed by atoms with Crippen LogP contribution in [0.4, 0.5) is 34.1 Å². The molecule has 1 aromatic heterocycles. The van der Waals surface area contributed by atoms with Gasteiger partial charge in [0.15, 0.2) is 5.58 Å². The van der Waals surface area contributed by atoms with E-state index in [1.54, 1.807) is 0 Å². The van der Waals surface area contributed by atoms with Gasteiger partial charge < -0.3 is 19.3 Å². The van der Waals surface area contributed by atoms with Crippen molar-refractivity contribution in [3.05, 3.63) is 247 Å². The first-order chi connectivity index (χ1) is 36.9. The average molecular weight is 973 g/mol. The fraction of sp³-hybridized carbons (Fsp3) is 0.0986. The fourth-order valence-electron chi connectivity index (χ4n) is 11.0. The molecule has 0 aliphatic heterocycles. The van der Waals surface area contributed by atoms with Crippen LogP contribution in [-0.4, -0.2) is 5.11 Å². The molecule has 0 spiro atoms. The molecule has 0 saturated heterocycles. The third kappa shape index (κ3) is 8.48. The SMILES string of the molecule is CC.CC.Cc1cccc(N(c2cccc(-c3cccc(-c4ccccc4C)c3)c2O)c2ccc3ccc4c(N(c5cccc(C)c5)c5cccc6c5oc5c(-c7ccccc7)cccc56)ccc5ccc2c3c54)c1. The van der Waals surface area contributed by atoms with Gasteiger partial charge >= 0.3 is 0 Å². The van der Waals surface area contributed by atoms with Gasteiger partial charge in [-0.25, -0.2) is 0 Å². The molecule has 75 heavy (non-hydrogen) atoms. The van der Waals surface area contributed by atoms with E-state index in [1.807, 2.05) is 39.8 Å². The number of fused-ring (bicyclic) bond motifs is 3. The van der Waals surface area contributed by atoms with Crippen molar-refractivity contribution in [1.82, 2.24) is 0 Å². The van der Waals surface area contributed by atoms with Crippen LogP contribution in [0.25, 0.3) is 87.6 Å². The Balaban J connectivity index is 0.00000147. The Morgan fingerprint density at radius 1 is 0.333 bits per heavy atom. The molecule has 1 N–H and O–H groups in total. The highest BCUT2D eigenvalue weighted by molar-refractivity contribution is 6.28. The third-order valence-corrected chi connectivity index (χ3v) is 14.3. The Hall–Kier alpha value is -9.12. The van der Waals surface area contributed by atoms with Gasteiger partial charge in [-0.05, 0) is 136 Å². The van der Waals surface area contributed by atoms with E-state index in [1.165, 1.54) is 22.1 Å². The maximum atomic E-state index is 12.6. The van der Waals surface area contributed by atoms with E-state index >= 15 is 0 Å². The first-order valence-electron chi connectivity index (χ1n) is 26.3. The number of anilines is 6. The number of aromatic hydroxyl groups is 1. The lowest BCUT2D eigenvalue weighted by atomic mass is 9.91. The van der Waals surface area contributed by atoms with E-state index in [0.717, 1.165) is 111 Å². The molecular formula is C71H60N2O2. The van der Waals surface area contributed by atoms with Crippen LogP contribution in [0.2, 0.25) is 0 Å². The van der Waals surface area contributed by atoms with Crippen molar-refractivity contribution in [2.75, 3.05) is 9.80 Å². The second kappa shape index (κ2) is 20.4. The summed E-state index contributed by atoms with van der Waals surface area (Å²) in [5, 5.41) is 21.6. The molecule has 0 bridgehead atoms. The summed E-state index contributed by atoms with van der Waals surface area (Å²) >= 11 is 0. The van der Waals surface area contributed by atoms with Crippen LogP contribution in [0.5, 0.6) is 5.75 Å². The highest BCUT2D eigenvalue weighted by Gasteiger charge is 2.26. The molecule has 13 rings (SSSR count). The average Bonchev–Trinajstić information content (AvgIpc) is 3.86. The van der Waals surface area contributed by atoms with Crippen molar-refractivity contribution in [2.24, 2.45) is 0 Å². The molecule has 0 amide bonds. The minimum atomic E-state index is 0.216. The van der Waals surface area contributed by atoms with Gasteiger partial charge in [-0.15, -0.1) is 0 Å². The molecule has 0 atom stereocenters. The number of nitrogens with zero attached hydrogens (tertiary/aromatic N) is 2. The van der Waals surface area contributed by atoms with Crippen LogP contribution in [0.15, 0.2) is 235 Å². The lowest BCUT2D eigenvalue weighted by Crippen LogP contribution is -2.12. The van der Waals surface area contributed by atoms with Crippen molar-refractivity contribution < 1.29 is 9.52 Å². The van der Waals surface area contributed by atoms with Crippen LogP contribution >= 0.6 is 0 Å². The van der Waals surface area contributed by atoms with Crippen LogP contribution in [-0.2, 0) is 0 Å². The maximum absolute atomic E-state index is 12.6. The molecule has 0 radical (unpaired) electrons. The van der Waals surface area contributed by atoms with Gasteiger partial charge in [0.05, 0.1) is 22.7 Å². The smallest absolute Gasteiger partial charge is 0.159 e. The second-order valence-electron chi connectivity index (χ2n) is 18.8. The van der Waals surface area contributed by atoms with Gasteiger partial charge in [0.1, 0.15) is 11.3 Å². The van der Waals surface area contributed by atoms with Crippen molar-refractivity contribution >= 4 is 88.4 Å². The Labute approximate surface area is 440 Å². The zero-order chi connectivity index (χ0) is 51.7. The van der Waals surface area contributed by atoms with E-state index in [0.29, 0.717) is 5.69 Å². The molecule has 366 valence electrons. The summed E-state index contributed by atoms with van der Waals surface area (Å²) in [6, 6.07) is 81.8. The summed E-state index contributed by atoms with van der Waals surface area (Å²) in [5.41, 5.74) is 17.1. The number of phenols is 1. The van der Waals surface area contributed by atoms with Crippen LogP contribution in [0.3, 0.4) is 0 Å². The Morgan fingerprint density at radius 3 is 1.43 bits per heavy atom. The van der Waals surface area contributed by atoms with Crippen LogP contribution < -0.4 is 9.80 Å². The number of para-hydroxylation sites is 3. The van der Waals surface area contributed by atoms with E-state index < -0.39 is 0 Å². The Morgan fingerprint density at radius 2 is 0.800 bits per heavy atom. The molecule has 0 aliphatic carbocycles. The van der Waals surface area contributed by atoms with E-state index in [9.17, 15) is 5.11 Å². The van der Waals surface area contributed by atoms with Gasteiger partial charge in [-0.2, -0.15) is 0 Å². The highest BCUT2D eigenvalue weighted by Crippen LogP contribution is 2.51. The molecule has 1 heterocycles. The van der Waals surface area contributed by atoms with Gasteiger partial charge in [-0.3, -0.25) is 0 Å². The number of phenolic OH excluding ortho intramolecular Hbond substituents is 1. The van der Waals surface area contributed by atoms with E-state index in [2.05, 4.69) is 249 Å². The molecule has 0 aliphatic rings. The topological polar surface area (TPSA) is 39.9 Å². The van der Waals surface area contributed by atoms with Crippen LogP contribution in [0, 0.1) is 20.8 Å². The first-order valence-corrected chi connectivity index (χ1v) is 26.3. The first kappa shape index (κ1) is 48.2. The second-order valence-corrected chi connectivity index (χ2v) is 18.8. The minimum Gasteiger partial charge on any atom is -0.505 e. The zero-order valence-corrected chi connectivity index (χ0v) is 43.7.